The molecule has 0 saturated carbocycles. The van der Waals surface area contributed by atoms with Gasteiger partial charge in [-0.25, -0.2) is 4.68 Å². The van der Waals surface area contributed by atoms with Crippen LogP contribution in [0.15, 0.2) is 22.8 Å². The van der Waals surface area contributed by atoms with Crippen molar-refractivity contribution in [2.24, 2.45) is 0 Å². The van der Waals surface area contributed by atoms with E-state index in [9.17, 15) is 4.79 Å². The van der Waals surface area contributed by atoms with Crippen molar-refractivity contribution in [1.29, 1.82) is 0 Å². The van der Waals surface area contributed by atoms with Gasteiger partial charge in [0.05, 0.1) is 17.8 Å². The van der Waals surface area contributed by atoms with Gasteiger partial charge in [-0.1, -0.05) is 0 Å². The molecule has 1 aliphatic heterocycles. The lowest BCUT2D eigenvalue weighted by Gasteiger charge is -2.37. The highest BCUT2D eigenvalue weighted by molar-refractivity contribution is 5.91. The van der Waals surface area contributed by atoms with Crippen molar-refractivity contribution in [2.75, 3.05) is 26.2 Å². The van der Waals surface area contributed by atoms with Crippen LogP contribution >= 0.6 is 0 Å². The topological polar surface area (TPSA) is 80.3 Å². The molecule has 1 atom stereocenters. The fraction of sp³-hybridized carbons (Fsp3) is 0.625. The average molecular weight is 332 g/mol. The first-order chi connectivity index (χ1) is 11.4. The number of hydrogen-bond donors (Lipinski definition) is 0. The molecule has 2 aromatic rings. The number of furan rings is 1. The molecule has 1 fully saturated rings. The zero-order valence-corrected chi connectivity index (χ0v) is 14.6. The van der Waals surface area contributed by atoms with Crippen LogP contribution in [0.25, 0.3) is 0 Å². The Morgan fingerprint density at radius 2 is 1.96 bits per heavy atom. The number of nitrogens with zero attached hydrogens (tertiary/aromatic N) is 6. The molecule has 0 aliphatic carbocycles. The van der Waals surface area contributed by atoms with E-state index >= 15 is 0 Å². The maximum Gasteiger partial charge on any atom is 0.289 e. The molecule has 24 heavy (non-hydrogen) atoms. The second-order valence-electron chi connectivity index (χ2n) is 7.10. The molecule has 0 radical (unpaired) electrons. The smallest absolute Gasteiger partial charge is 0.289 e. The molecular weight excluding hydrogens is 308 g/mol. The highest BCUT2D eigenvalue weighted by Gasteiger charge is 2.30. The minimum atomic E-state index is -0.163. The number of tetrazole rings is 1. The Morgan fingerprint density at radius 1 is 1.25 bits per heavy atom. The molecule has 2 aromatic heterocycles. The van der Waals surface area contributed by atoms with E-state index in [1.54, 1.807) is 12.1 Å². The van der Waals surface area contributed by atoms with E-state index in [1.165, 1.54) is 6.26 Å². The Morgan fingerprint density at radius 3 is 2.54 bits per heavy atom. The molecular formula is C16H24N6O2. The van der Waals surface area contributed by atoms with Crippen LogP contribution < -0.4 is 0 Å². The quantitative estimate of drug-likeness (QED) is 0.848. The van der Waals surface area contributed by atoms with Gasteiger partial charge < -0.3 is 9.32 Å². The van der Waals surface area contributed by atoms with Crippen LogP contribution in [0.5, 0.6) is 0 Å². The lowest BCUT2D eigenvalue weighted by molar-refractivity contribution is 0.0538. The molecule has 0 aromatic carbocycles. The van der Waals surface area contributed by atoms with Crippen molar-refractivity contribution in [3.05, 3.63) is 30.0 Å². The van der Waals surface area contributed by atoms with E-state index in [-0.39, 0.29) is 17.5 Å². The Bertz CT molecular complexity index is 680. The summed E-state index contributed by atoms with van der Waals surface area (Å²) in [4.78, 5) is 16.5. The van der Waals surface area contributed by atoms with Gasteiger partial charge in [0.25, 0.3) is 5.91 Å². The monoisotopic (exact) mass is 332 g/mol. The summed E-state index contributed by atoms with van der Waals surface area (Å²) in [5.41, 5.74) is -0.163. The van der Waals surface area contributed by atoms with Crippen LogP contribution in [0, 0.1) is 0 Å². The Balaban J connectivity index is 1.65. The molecule has 8 nitrogen and oxygen atoms in total. The third kappa shape index (κ3) is 3.19. The number of carbonyl (C=O) groups is 1. The number of rotatable bonds is 3. The largest absolute Gasteiger partial charge is 0.459 e. The predicted molar refractivity (Wildman–Crippen MR) is 87.4 cm³/mol. The van der Waals surface area contributed by atoms with E-state index in [4.69, 9.17) is 4.42 Å². The summed E-state index contributed by atoms with van der Waals surface area (Å²) >= 11 is 0. The summed E-state index contributed by atoms with van der Waals surface area (Å²) < 4.78 is 7.07. The highest BCUT2D eigenvalue weighted by atomic mass is 16.3. The van der Waals surface area contributed by atoms with Crippen molar-refractivity contribution in [2.45, 2.75) is 39.3 Å². The number of hydrogen-bond acceptors (Lipinski definition) is 6. The van der Waals surface area contributed by atoms with Gasteiger partial charge in [0, 0.05) is 26.2 Å². The summed E-state index contributed by atoms with van der Waals surface area (Å²) in [5, 5.41) is 12.2. The molecule has 0 N–H and O–H groups in total. The lowest BCUT2D eigenvalue weighted by Crippen LogP contribution is -2.49. The van der Waals surface area contributed by atoms with Gasteiger partial charge >= 0.3 is 0 Å². The molecule has 3 heterocycles. The van der Waals surface area contributed by atoms with Gasteiger partial charge in [-0.05, 0) is 50.3 Å². The second kappa shape index (κ2) is 6.35. The van der Waals surface area contributed by atoms with Crippen molar-refractivity contribution in [3.63, 3.8) is 0 Å². The normalized spacial score (nSPS) is 17.9. The first kappa shape index (κ1) is 16.6. The molecule has 130 valence electrons. The van der Waals surface area contributed by atoms with Crippen molar-refractivity contribution in [3.8, 4) is 0 Å². The molecule has 1 amide bonds. The third-order valence-corrected chi connectivity index (χ3v) is 4.38. The number of amides is 1. The van der Waals surface area contributed by atoms with Crippen LogP contribution in [-0.4, -0.2) is 62.1 Å². The molecule has 1 saturated heterocycles. The summed E-state index contributed by atoms with van der Waals surface area (Å²) in [7, 11) is 0. The first-order valence-electron chi connectivity index (χ1n) is 8.23. The van der Waals surface area contributed by atoms with Gasteiger partial charge in [0.2, 0.25) is 0 Å². The summed E-state index contributed by atoms with van der Waals surface area (Å²) in [5.74, 6) is 1.20. The van der Waals surface area contributed by atoms with Gasteiger partial charge in [0.15, 0.2) is 11.6 Å². The van der Waals surface area contributed by atoms with Gasteiger partial charge in [0.1, 0.15) is 0 Å². The molecule has 3 rings (SSSR count). The van der Waals surface area contributed by atoms with E-state index in [0.717, 1.165) is 18.9 Å². The minimum absolute atomic E-state index is 0.0492. The van der Waals surface area contributed by atoms with Crippen molar-refractivity contribution < 1.29 is 9.21 Å². The lowest BCUT2D eigenvalue weighted by atomic mass is 10.1. The summed E-state index contributed by atoms with van der Waals surface area (Å²) in [6.45, 7) is 11.3. The number of carbonyl (C=O) groups excluding carboxylic acids is 1. The fourth-order valence-corrected chi connectivity index (χ4v) is 2.96. The van der Waals surface area contributed by atoms with Crippen LogP contribution in [0.2, 0.25) is 0 Å². The average Bonchev–Trinajstić information content (AvgIpc) is 3.24. The highest BCUT2D eigenvalue weighted by Crippen LogP contribution is 2.24. The zero-order valence-electron chi connectivity index (χ0n) is 14.6. The van der Waals surface area contributed by atoms with Gasteiger partial charge in [-0.15, -0.1) is 5.10 Å². The van der Waals surface area contributed by atoms with Crippen LogP contribution in [0.3, 0.4) is 0 Å². The Hall–Kier alpha value is -2.22. The SMILES string of the molecule is CC(c1nnnn1C(C)(C)C)N1CCN(C(=O)c2ccco2)CC1. The van der Waals surface area contributed by atoms with E-state index in [1.807, 2.05) is 9.58 Å². The number of piperazine rings is 1. The molecule has 0 spiro atoms. The van der Waals surface area contributed by atoms with Crippen LogP contribution in [-0.2, 0) is 5.54 Å². The zero-order chi connectivity index (χ0) is 17.3. The minimum Gasteiger partial charge on any atom is -0.459 e. The van der Waals surface area contributed by atoms with Crippen LogP contribution in [0.4, 0.5) is 0 Å². The first-order valence-corrected chi connectivity index (χ1v) is 8.23. The van der Waals surface area contributed by atoms with E-state index < -0.39 is 0 Å². The second-order valence-corrected chi connectivity index (χ2v) is 7.10. The molecule has 0 bridgehead atoms. The maximum absolute atomic E-state index is 12.3. The van der Waals surface area contributed by atoms with E-state index in [2.05, 4.69) is 48.1 Å². The summed E-state index contributed by atoms with van der Waals surface area (Å²) in [6, 6.07) is 3.53. The fourth-order valence-electron chi connectivity index (χ4n) is 2.96. The summed E-state index contributed by atoms with van der Waals surface area (Å²) in [6.07, 6.45) is 1.53. The van der Waals surface area contributed by atoms with Crippen LogP contribution in [0.1, 0.15) is 50.1 Å². The van der Waals surface area contributed by atoms with Gasteiger partial charge in [-0.3, -0.25) is 9.69 Å². The molecule has 1 unspecified atom stereocenters. The standard InChI is InChI=1S/C16H24N6O2/c1-12(14-17-18-19-22(14)16(2,3)4)20-7-9-21(10-8-20)15(23)13-6-5-11-24-13/h5-6,11-12H,7-10H2,1-4H3. The number of aromatic nitrogens is 4. The molecule has 8 heteroatoms. The Kier molecular flexibility index (Phi) is 4.40. The Labute approximate surface area is 141 Å². The third-order valence-electron chi connectivity index (χ3n) is 4.38. The van der Waals surface area contributed by atoms with E-state index in [0.29, 0.717) is 18.8 Å². The van der Waals surface area contributed by atoms with Gasteiger partial charge in [-0.2, -0.15) is 0 Å². The maximum atomic E-state index is 12.3. The van der Waals surface area contributed by atoms with Crippen molar-refractivity contribution >= 4 is 5.91 Å². The van der Waals surface area contributed by atoms with Crippen molar-refractivity contribution in [1.82, 2.24) is 30.0 Å². The predicted octanol–water partition coefficient (Wildman–Crippen LogP) is 1.54. The molecule has 1 aliphatic rings.